The molecule has 3 atom stereocenters. The summed E-state index contributed by atoms with van der Waals surface area (Å²) in [6, 6.07) is 0. The van der Waals surface area contributed by atoms with E-state index in [2.05, 4.69) is 0 Å². The number of nitrogens with zero attached hydrogens (tertiary/aromatic N) is 1. The number of aliphatic hydroxyl groups is 1. The zero-order valence-corrected chi connectivity index (χ0v) is 9.97. The van der Waals surface area contributed by atoms with Crippen LogP contribution >= 0.6 is 0 Å². The summed E-state index contributed by atoms with van der Waals surface area (Å²) in [4.78, 5) is 24.8. The van der Waals surface area contributed by atoms with Crippen molar-refractivity contribution in [1.29, 1.82) is 0 Å². The third-order valence-corrected chi connectivity index (χ3v) is 4.52. The second-order valence-electron chi connectivity index (χ2n) is 5.70. The molecule has 4 heteroatoms. The molecule has 2 saturated carbocycles. The highest BCUT2D eigenvalue weighted by atomic mass is 16.3. The van der Waals surface area contributed by atoms with Crippen LogP contribution in [0.1, 0.15) is 38.5 Å². The number of rotatable bonds is 3. The Balaban J connectivity index is 1.59. The zero-order valence-electron chi connectivity index (χ0n) is 9.97. The summed E-state index contributed by atoms with van der Waals surface area (Å²) in [5.41, 5.74) is 0. The van der Waals surface area contributed by atoms with Crippen LogP contribution in [0.2, 0.25) is 0 Å². The van der Waals surface area contributed by atoms with Crippen molar-refractivity contribution in [3.63, 3.8) is 0 Å². The highest BCUT2D eigenvalue weighted by molar-refractivity contribution is 6.08. The highest BCUT2D eigenvalue weighted by Crippen LogP contribution is 2.47. The molecule has 0 aromatic carbocycles. The Bertz CT molecular complexity index is 329. The maximum absolute atomic E-state index is 11.8. The van der Waals surface area contributed by atoms with Crippen LogP contribution in [0.4, 0.5) is 0 Å². The van der Waals surface area contributed by atoms with E-state index in [1.54, 1.807) is 0 Å². The fraction of sp³-hybridized carbons (Fsp3) is 0.846. The maximum Gasteiger partial charge on any atom is 0.233 e. The van der Waals surface area contributed by atoms with Crippen molar-refractivity contribution in [2.24, 2.45) is 17.8 Å². The Kier molecular flexibility index (Phi) is 2.69. The largest absolute Gasteiger partial charge is 0.391 e. The number of aliphatic hydroxyl groups excluding tert-OH is 1. The number of β-amino-alcohol motifs (C(OH)–C–C–N with tert-alkyl or cyclic N) is 1. The lowest BCUT2D eigenvalue weighted by Gasteiger charge is -2.29. The molecule has 1 heterocycles. The molecule has 0 spiro atoms. The lowest BCUT2D eigenvalue weighted by atomic mass is 9.85. The first-order chi connectivity index (χ1) is 8.18. The topological polar surface area (TPSA) is 57.6 Å². The van der Waals surface area contributed by atoms with Crippen molar-refractivity contribution in [3.05, 3.63) is 0 Å². The monoisotopic (exact) mass is 237 g/mol. The van der Waals surface area contributed by atoms with Crippen molar-refractivity contribution < 1.29 is 14.7 Å². The van der Waals surface area contributed by atoms with Gasteiger partial charge in [0, 0.05) is 0 Å². The smallest absolute Gasteiger partial charge is 0.233 e. The Labute approximate surface area is 101 Å². The van der Waals surface area contributed by atoms with Gasteiger partial charge in [-0.05, 0) is 25.2 Å². The van der Waals surface area contributed by atoms with Crippen LogP contribution in [0.25, 0.3) is 0 Å². The Hall–Kier alpha value is -0.900. The number of piperidine rings is 1. The van der Waals surface area contributed by atoms with E-state index in [1.165, 1.54) is 11.3 Å². The van der Waals surface area contributed by atoms with Gasteiger partial charge in [-0.3, -0.25) is 14.5 Å². The molecule has 1 saturated heterocycles. The molecule has 3 aliphatic rings. The predicted molar refractivity (Wildman–Crippen MR) is 60.9 cm³/mol. The first kappa shape index (κ1) is 11.2. The maximum atomic E-state index is 11.8. The van der Waals surface area contributed by atoms with Gasteiger partial charge in [-0.25, -0.2) is 0 Å². The van der Waals surface area contributed by atoms with Crippen LogP contribution < -0.4 is 0 Å². The standard InChI is InChI=1S/C13H19NO3/c15-11(8-4-2-1-3-5-8)7-14-12(16)9-6-10(9)13(14)17/h8-11,15H,1-7H2. The lowest BCUT2D eigenvalue weighted by Crippen LogP contribution is -2.42. The normalized spacial score (nSPS) is 35.0. The number of fused-ring (bicyclic) bond motifs is 1. The molecule has 1 N–H and O–H groups in total. The molecule has 3 rings (SSSR count). The van der Waals surface area contributed by atoms with E-state index < -0.39 is 6.10 Å². The fourth-order valence-corrected chi connectivity index (χ4v) is 3.28. The fourth-order valence-electron chi connectivity index (χ4n) is 3.28. The Morgan fingerprint density at radius 3 is 2.29 bits per heavy atom. The number of hydrogen-bond donors (Lipinski definition) is 1. The van der Waals surface area contributed by atoms with E-state index in [9.17, 15) is 14.7 Å². The van der Waals surface area contributed by atoms with Gasteiger partial charge in [0.2, 0.25) is 11.8 Å². The molecule has 94 valence electrons. The van der Waals surface area contributed by atoms with Crippen molar-refractivity contribution in [2.45, 2.75) is 44.6 Å². The quantitative estimate of drug-likeness (QED) is 0.743. The number of hydrogen-bond acceptors (Lipinski definition) is 3. The number of amides is 2. The number of carbonyl (C=O) groups is 2. The van der Waals surface area contributed by atoms with Gasteiger partial charge >= 0.3 is 0 Å². The van der Waals surface area contributed by atoms with Crippen molar-refractivity contribution in [3.8, 4) is 0 Å². The zero-order chi connectivity index (χ0) is 12.0. The first-order valence-corrected chi connectivity index (χ1v) is 6.72. The molecular formula is C13H19NO3. The summed E-state index contributed by atoms with van der Waals surface area (Å²) in [5, 5.41) is 10.1. The van der Waals surface area contributed by atoms with E-state index in [-0.39, 0.29) is 36.1 Å². The minimum atomic E-state index is -0.513. The Morgan fingerprint density at radius 1 is 1.12 bits per heavy atom. The van der Waals surface area contributed by atoms with Gasteiger partial charge in [0.1, 0.15) is 0 Å². The van der Waals surface area contributed by atoms with Crippen LogP contribution in [0, 0.1) is 17.8 Å². The minimum absolute atomic E-state index is 0.0407. The first-order valence-electron chi connectivity index (χ1n) is 6.72. The summed E-state index contributed by atoms with van der Waals surface area (Å²) in [7, 11) is 0. The van der Waals surface area contributed by atoms with E-state index in [0.29, 0.717) is 0 Å². The molecule has 2 aliphatic carbocycles. The van der Waals surface area contributed by atoms with Gasteiger partial charge in [0.05, 0.1) is 24.5 Å². The van der Waals surface area contributed by atoms with Gasteiger partial charge in [-0.1, -0.05) is 19.3 Å². The van der Waals surface area contributed by atoms with E-state index >= 15 is 0 Å². The number of imide groups is 1. The minimum Gasteiger partial charge on any atom is -0.391 e. The predicted octanol–water partition coefficient (Wildman–Crippen LogP) is 0.932. The average molecular weight is 237 g/mol. The molecule has 0 aromatic heterocycles. The van der Waals surface area contributed by atoms with Gasteiger partial charge in [0.15, 0.2) is 0 Å². The third-order valence-electron chi connectivity index (χ3n) is 4.52. The van der Waals surface area contributed by atoms with Gasteiger partial charge in [-0.2, -0.15) is 0 Å². The summed E-state index contributed by atoms with van der Waals surface area (Å²) in [5.74, 6) is 0.105. The van der Waals surface area contributed by atoms with Crippen LogP contribution in [0.3, 0.4) is 0 Å². The SMILES string of the molecule is O=C1C2CC2C(=O)N1CC(O)C1CCCCC1. The van der Waals surface area contributed by atoms with E-state index in [1.807, 2.05) is 0 Å². The third kappa shape index (κ3) is 1.88. The van der Waals surface area contributed by atoms with E-state index in [4.69, 9.17) is 0 Å². The molecule has 0 bridgehead atoms. The summed E-state index contributed by atoms with van der Waals surface area (Å²) < 4.78 is 0. The Morgan fingerprint density at radius 2 is 1.71 bits per heavy atom. The molecule has 17 heavy (non-hydrogen) atoms. The summed E-state index contributed by atoms with van der Waals surface area (Å²) in [6.07, 6.45) is 5.86. The van der Waals surface area contributed by atoms with Gasteiger partial charge < -0.3 is 5.11 Å². The molecule has 4 nitrogen and oxygen atoms in total. The highest BCUT2D eigenvalue weighted by Gasteiger charge is 2.59. The molecule has 0 aromatic rings. The molecule has 2 amide bonds. The van der Waals surface area contributed by atoms with Crippen LogP contribution in [-0.4, -0.2) is 34.5 Å². The molecule has 3 fully saturated rings. The van der Waals surface area contributed by atoms with Crippen LogP contribution in [-0.2, 0) is 9.59 Å². The lowest BCUT2D eigenvalue weighted by molar-refractivity contribution is -0.143. The van der Waals surface area contributed by atoms with Crippen molar-refractivity contribution in [1.82, 2.24) is 4.90 Å². The molecule has 3 unspecified atom stereocenters. The summed E-state index contributed by atoms with van der Waals surface area (Å²) >= 11 is 0. The van der Waals surface area contributed by atoms with Crippen LogP contribution in [0.5, 0.6) is 0 Å². The van der Waals surface area contributed by atoms with Gasteiger partial charge in [0.25, 0.3) is 0 Å². The second kappa shape index (κ2) is 4.09. The van der Waals surface area contributed by atoms with E-state index in [0.717, 1.165) is 32.1 Å². The second-order valence-corrected chi connectivity index (χ2v) is 5.70. The molecular weight excluding hydrogens is 218 g/mol. The number of likely N-dealkylation sites (tertiary alicyclic amines) is 1. The van der Waals surface area contributed by atoms with Gasteiger partial charge in [-0.15, -0.1) is 0 Å². The average Bonchev–Trinajstić information content (AvgIpc) is 3.11. The molecule has 0 radical (unpaired) electrons. The van der Waals surface area contributed by atoms with Crippen molar-refractivity contribution in [2.75, 3.05) is 6.54 Å². The number of carbonyl (C=O) groups excluding carboxylic acids is 2. The molecule has 1 aliphatic heterocycles. The van der Waals surface area contributed by atoms with Crippen LogP contribution in [0.15, 0.2) is 0 Å². The summed E-state index contributed by atoms with van der Waals surface area (Å²) in [6.45, 7) is 0.231. The van der Waals surface area contributed by atoms with Crippen molar-refractivity contribution >= 4 is 11.8 Å².